The number of para-hydroxylation sites is 1. The second-order valence-corrected chi connectivity index (χ2v) is 6.70. The fraction of sp³-hybridized carbons (Fsp3) is 0.318. The maximum absolute atomic E-state index is 12.9. The smallest absolute Gasteiger partial charge is 0.312 e. The summed E-state index contributed by atoms with van der Waals surface area (Å²) >= 11 is 0. The van der Waals surface area contributed by atoms with Gasteiger partial charge >= 0.3 is 5.97 Å². The lowest BCUT2D eigenvalue weighted by atomic mass is 9.83. The van der Waals surface area contributed by atoms with Gasteiger partial charge in [-0.3, -0.25) is 9.59 Å². The Hall–Kier alpha value is -3.33. The lowest BCUT2D eigenvalue weighted by Crippen LogP contribution is -2.46. The maximum atomic E-state index is 12.9. The molecule has 1 aliphatic heterocycles. The van der Waals surface area contributed by atoms with Gasteiger partial charge in [-0.15, -0.1) is 0 Å². The number of benzene rings is 2. The molecule has 0 radical (unpaired) electrons. The van der Waals surface area contributed by atoms with Crippen molar-refractivity contribution in [3.63, 3.8) is 0 Å². The molecule has 0 unspecified atom stereocenters. The summed E-state index contributed by atoms with van der Waals surface area (Å²) < 4.78 is 10.6. The van der Waals surface area contributed by atoms with Crippen LogP contribution in [0.3, 0.4) is 0 Å². The van der Waals surface area contributed by atoms with E-state index in [1.165, 1.54) is 0 Å². The predicted molar refractivity (Wildman–Crippen MR) is 104 cm³/mol. The molecule has 0 aliphatic carbocycles. The van der Waals surface area contributed by atoms with E-state index in [1.807, 2.05) is 55.5 Å². The predicted octanol–water partition coefficient (Wildman–Crippen LogP) is 3.55. The van der Waals surface area contributed by atoms with Gasteiger partial charge in [0.15, 0.2) is 6.61 Å². The Kier molecular flexibility index (Phi) is 5.95. The SMILES string of the molecule is COc1ccccc1[C@H]1[C@H](C(=O)OCC#N)CCC(=O)N1c1ccc(C)cc1. The maximum Gasteiger partial charge on any atom is 0.312 e. The number of piperidine rings is 1. The zero-order valence-corrected chi connectivity index (χ0v) is 15.9. The van der Waals surface area contributed by atoms with Gasteiger partial charge in [0.2, 0.25) is 5.91 Å². The lowest BCUT2D eigenvalue weighted by molar-refractivity contribution is -0.149. The number of nitrogens with zero attached hydrogens (tertiary/aromatic N) is 2. The van der Waals surface area contributed by atoms with E-state index in [4.69, 9.17) is 14.7 Å². The number of methoxy groups -OCH3 is 1. The van der Waals surface area contributed by atoms with Crippen LogP contribution in [0.25, 0.3) is 0 Å². The first-order valence-electron chi connectivity index (χ1n) is 9.12. The first-order valence-corrected chi connectivity index (χ1v) is 9.12. The van der Waals surface area contributed by atoms with Gasteiger partial charge in [-0.1, -0.05) is 35.9 Å². The molecule has 6 heteroatoms. The highest BCUT2D eigenvalue weighted by Crippen LogP contribution is 2.43. The van der Waals surface area contributed by atoms with Crippen LogP contribution in [0, 0.1) is 24.2 Å². The molecule has 0 aromatic heterocycles. The molecule has 6 nitrogen and oxygen atoms in total. The highest BCUT2D eigenvalue weighted by molar-refractivity contribution is 5.97. The summed E-state index contributed by atoms with van der Waals surface area (Å²) in [5, 5.41) is 8.76. The van der Waals surface area contributed by atoms with E-state index >= 15 is 0 Å². The van der Waals surface area contributed by atoms with Crippen molar-refractivity contribution in [1.82, 2.24) is 0 Å². The fourth-order valence-electron chi connectivity index (χ4n) is 3.63. The number of hydrogen-bond acceptors (Lipinski definition) is 5. The lowest BCUT2D eigenvalue weighted by Gasteiger charge is -2.40. The summed E-state index contributed by atoms with van der Waals surface area (Å²) in [6.45, 7) is 1.66. The molecule has 0 spiro atoms. The molecule has 1 heterocycles. The van der Waals surface area contributed by atoms with Gasteiger partial charge in [-0.05, 0) is 31.5 Å². The third kappa shape index (κ3) is 3.84. The number of hydrogen-bond donors (Lipinski definition) is 0. The average molecular weight is 378 g/mol. The normalized spacial score (nSPS) is 19.0. The zero-order valence-electron chi connectivity index (χ0n) is 15.9. The van der Waals surface area contributed by atoms with Crippen molar-refractivity contribution in [1.29, 1.82) is 5.26 Å². The van der Waals surface area contributed by atoms with E-state index in [2.05, 4.69) is 0 Å². The van der Waals surface area contributed by atoms with Crippen molar-refractivity contribution in [2.75, 3.05) is 18.6 Å². The first kappa shape index (κ1) is 19.4. The Bertz CT molecular complexity index is 901. The number of nitriles is 1. The van der Waals surface area contributed by atoms with Crippen LogP contribution in [0.1, 0.15) is 30.0 Å². The monoisotopic (exact) mass is 378 g/mol. The summed E-state index contributed by atoms with van der Waals surface area (Å²) in [7, 11) is 1.56. The van der Waals surface area contributed by atoms with Gasteiger partial charge in [0.1, 0.15) is 11.8 Å². The van der Waals surface area contributed by atoms with Gasteiger partial charge in [-0.2, -0.15) is 5.26 Å². The van der Waals surface area contributed by atoms with E-state index < -0.39 is 17.9 Å². The quantitative estimate of drug-likeness (QED) is 0.744. The summed E-state index contributed by atoms with van der Waals surface area (Å²) in [6.07, 6.45) is 0.583. The Balaban J connectivity index is 2.11. The fourth-order valence-corrected chi connectivity index (χ4v) is 3.63. The van der Waals surface area contributed by atoms with E-state index in [9.17, 15) is 9.59 Å². The van der Waals surface area contributed by atoms with Crippen LogP contribution in [0.2, 0.25) is 0 Å². The van der Waals surface area contributed by atoms with Crippen LogP contribution in [0.15, 0.2) is 48.5 Å². The molecule has 0 N–H and O–H groups in total. The van der Waals surface area contributed by atoms with E-state index in [0.29, 0.717) is 17.9 Å². The van der Waals surface area contributed by atoms with Crippen molar-refractivity contribution in [3.05, 3.63) is 59.7 Å². The third-order valence-corrected chi connectivity index (χ3v) is 4.95. The summed E-state index contributed by atoms with van der Waals surface area (Å²) in [4.78, 5) is 27.3. The molecule has 0 bridgehead atoms. The number of rotatable bonds is 5. The zero-order chi connectivity index (χ0) is 20.1. The summed E-state index contributed by atoms with van der Waals surface area (Å²) in [5.74, 6) is -0.549. The summed E-state index contributed by atoms with van der Waals surface area (Å²) in [5.41, 5.74) is 2.52. The minimum Gasteiger partial charge on any atom is -0.496 e. The van der Waals surface area contributed by atoms with Crippen LogP contribution in [-0.2, 0) is 14.3 Å². The minimum atomic E-state index is -0.594. The largest absolute Gasteiger partial charge is 0.496 e. The Morgan fingerprint density at radius 1 is 1.21 bits per heavy atom. The van der Waals surface area contributed by atoms with Gasteiger partial charge in [0.05, 0.1) is 19.1 Å². The van der Waals surface area contributed by atoms with E-state index in [1.54, 1.807) is 18.1 Å². The molecule has 2 atom stereocenters. The minimum absolute atomic E-state index is 0.0657. The molecular weight excluding hydrogens is 356 g/mol. The van der Waals surface area contributed by atoms with Crippen molar-refractivity contribution < 1.29 is 19.1 Å². The molecule has 1 amide bonds. The molecule has 1 fully saturated rings. The van der Waals surface area contributed by atoms with Gasteiger partial charge in [-0.25, -0.2) is 0 Å². The topological polar surface area (TPSA) is 79.6 Å². The molecule has 28 heavy (non-hydrogen) atoms. The van der Waals surface area contributed by atoms with Crippen LogP contribution >= 0.6 is 0 Å². The standard InChI is InChI=1S/C22H22N2O4/c1-15-7-9-16(10-8-15)24-20(25)12-11-18(22(26)28-14-13-23)21(24)17-5-3-4-6-19(17)27-2/h3-10,18,21H,11-12,14H2,1-2H3/t18-,21+/m1/s1. The number of esters is 1. The van der Waals surface area contributed by atoms with Crippen LogP contribution in [0.4, 0.5) is 5.69 Å². The van der Waals surface area contributed by atoms with Gasteiger partial charge in [0, 0.05) is 17.7 Å². The highest BCUT2D eigenvalue weighted by Gasteiger charge is 2.43. The molecule has 1 aliphatic rings. The molecule has 1 saturated heterocycles. The highest BCUT2D eigenvalue weighted by atomic mass is 16.5. The summed E-state index contributed by atoms with van der Waals surface area (Å²) in [6, 6.07) is 16.2. The van der Waals surface area contributed by atoms with Gasteiger partial charge in [0.25, 0.3) is 0 Å². The van der Waals surface area contributed by atoms with E-state index in [-0.39, 0.29) is 18.9 Å². The molecule has 144 valence electrons. The Labute approximate surface area is 164 Å². The van der Waals surface area contributed by atoms with Crippen molar-refractivity contribution in [3.8, 4) is 11.8 Å². The second-order valence-electron chi connectivity index (χ2n) is 6.70. The Morgan fingerprint density at radius 2 is 1.93 bits per heavy atom. The number of carbonyl (C=O) groups is 2. The van der Waals surface area contributed by atoms with Crippen molar-refractivity contribution in [2.24, 2.45) is 5.92 Å². The number of aryl methyl sites for hydroxylation is 1. The van der Waals surface area contributed by atoms with Crippen LogP contribution in [-0.4, -0.2) is 25.6 Å². The number of ether oxygens (including phenoxy) is 2. The number of carbonyl (C=O) groups excluding carboxylic acids is 2. The molecule has 3 rings (SSSR count). The average Bonchev–Trinajstić information content (AvgIpc) is 2.72. The third-order valence-electron chi connectivity index (χ3n) is 4.95. The number of amides is 1. The van der Waals surface area contributed by atoms with Crippen molar-refractivity contribution >= 4 is 17.6 Å². The molecule has 0 saturated carbocycles. The van der Waals surface area contributed by atoms with Gasteiger partial charge < -0.3 is 14.4 Å². The molecule has 2 aromatic carbocycles. The Morgan fingerprint density at radius 3 is 2.61 bits per heavy atom. The van der Waals surface area contributed by atoms with E-state index in [0.717, 1.165) is 11.1 Å². The van der Waals surface area contributed by atoms with Crippen LogP contribution < -0.4 is 9.64 Å². The number of anilines is 1. The molecule has 2 aromatic rings. The second kappa shape index (κ2) is 8.57. The van der Waals surface area contributed by atoms with Crippen molar-refractivity contribution in [2.45, 2.75) is 25.8 Å². The molecular formula is C22H22N2O4. The first-order chi connectivity index (χ1) is 13.6. The van der Waals surface area contributed by atoms with Crippen LogP contribution in [0.5, 0.6) is 5.75 Å².